The third-order valence-electron chi connectivity index (χ3n) is 5.40. The van der Waals surface area contributed by atoms with Crippen molar-refractivity contribution in [1.82, 2.24) is 9.55 Å². The van der Waals surface area contributed by atoms with Crippen LogP contribution in [0.1, 0.15) is 32.6 Å². The molecule has 0 bridgehead atoms. The van der Waals surface area contributed by atoms with Gasteiger partial charge < -0.3 is 19.1 Å². The number of aryl methyl sites for hydroxylation is 1. The van der Waals surface area contributed by atoms with Crippen LogP contribution in [0.15, 0.2) is 46.1 Å². The fraction of sp³-hybridized carbons (Fsp3) is 0.522. The quantitative estimate of drug-likeness (QED) is 0.231. The van der Waals surface area contributed by atoms with E-state index in [0.29, 0.717) is 0 Å². The number of ether oxygens (including phenoxy) is 2. The van der Waals surface area contributed by atoms with Gasteiger partial charge in [0.2, 0.25) is 0 Å². The molecule has 1 aromatic heterocycles. The van der Waals surface area contributed by atoms with Gasteiger partial charge in [0.25, 0.3) is 5.56 Å². The number of carbonyl (C=O) groups is 1. The Morgan fingerprint density at radius 2 is 2.03 bits per heavy atom. The van der Waals surface area contributed by atoms with Gasteiger partial charge in [-0.15, -0.1) is 0 Å². The number of hydrogen-bond acceptors (Lipinski definition) is 9. The Bertz CT molecular complexity index is 1280. The largest absolute Gasteiger partial charge is 0.463 e. The molecule has 1 aliphatic rings. The number of esters is 1. The predicted molar refractivity (Wildman–Crippen MR) is 139 cm³/mol. The van der Waals surface area contributed by atoms with Crippen molar-refractivity contribution in [3.63, 3.8) is 0 Å². The zero-order chi connectivity index (χ0) is 27.5. The highest BCUT2D eigenvalue weighted by molar-refractivity contribution is 9.10. The summed E-state index contributed by atoms with van der Waals surface area (Å²) in [5.74, 6) is -1.13. The molecule has 37 heavy (non-hydrogen) atoms. The maximum Gasteiger partial charge on any atom is 0.380 e. The molecule has 0 spiro atoms. The first-order valence-electron chi connectivity index (χ1n) is 11.4. The monoisotopic (exact) mass is 622 g/mol. The van der Waals surface area contributed by atoms with Crippen LogP contribution in [0.5, 0.6) is 5.75 Å². The molecule has 1 fully saturated rings. The summed E-state index contributed by atoms with van der Waals surface area (Å²) < 4.78 is 35.6. The van der Waals surface area contributed by atoms with E-state index in [2.05, 4.69) is 20.9 Å². The fourth-order valence-corrected chi connectivity index (χ4v) is 6.39. The lowest BCUT2D eigenvalue weighted by molar-refractivity contribution is -0.151. The molecule has 0 amide bonds. The van der Waals surface area contributed by atoms with Crippen LogP contribution in [0, 0.1) is 12.8 Å². The van der Waals surface area contributed by atoms with Crippen molar-refractivity contribution in [3.8, 4) is 5.75 Å². The van der Waals surface area contributed by atoms with Crippen LogP contribution in [-0.4, -0.2) is 55.5 Å². The maximum atomic E-state index is 13.8. The average Bonchev–Trinajstić information content (AvgIpc) is 3.00. The molecule has 11 nitrogen and oxygen atoms in total. The molecule has 2 heterocycles. The van der Waals surface area contributed by atoms with Crippen LogP contribution in [-0.2, 0) is 23.4 Å². The first-order chi connectivity index (χ1) is 17.2. The van der Waals surface area contributed by atoms with Crippen LogP contribution >= 0.6 is 35.1 Å². The van der Waals surface area contributed by atoms with Crippen LogP contribution in [0.3, 0.4) is 0 Å². The number of aromatic amines is 1. The molecule has 204 valence electrons. The molecule has 1 saturated heterocycles. The normalized spacial score (nSPS) is 26.0. The molecule has 6 atom stereocenters. The summed E-state index contributed by atoms with van der Waals surface area (Å²) >= 11 is 9.66. The highest BCUT2D eigenvalue weighted by Gasteiger charge is 2.55. The molecule has 0 aliphatic carbocycles. The van der Waals surface area contributed by atoms with Gasteiger partial charge in [-0.25, -0.2) is 9.36 Å². The van der Waals surface area contributed by atoms with Gasteiger partial charge in [0.1, 0.15) is 18.0 Å². The van der Waals surface area contributed by atoms with Gasteiger partial charge in [-0.3, -0.25) is 23.7 Å². The SMILES string of the molecule is Cc1cccc(O[P@](=O)(C[C@@H](C)C(=O)OC(C)C)OC[C@H]2O[C@@H](n3ccc(=O)[nH]c3=O)[C@](Cl)(Br)[C@@H]2O)c1. The molecule has 1 aromatic carbocycles. The molecule has 1 aliphatic heterocycles. The van der Waals surface area contributed by atoms with Gasteiger partial charge in [-0.05, 0) is 38.5 Å². The van der Waals surface area contributed by atoms with E-state index in [1.165, 1.54) is 6.20 Å². The van der Waals surface area contributed by atoms with E-state index in [0.717, 1.165) is 16.2 Å². The van der Waals surface area contributed by atoms with Crippen molar-refractivity contribution in [1.29, 1.82) is 0 Å². The van der Waals surface area contributed by atoms with Gasteiger partial charge >= 0.3 is 19.3 Å². The number of benzene rings is 1. The van der Waals surface area contributed by atoms with Crippen LogP contribution in [0.4, 0.5) is 0 Å². The molecular weight excluding hydrogens is 595 g/mol. The zero-order valence-electron chi connectivity index (χ0n) is 20.6. The van der Waals surface area contributed by atoms with E-state index in [1.54, 1.807) is 39.0 Å². The third-order valence-corrected chi connectivity index (χ3v) is 8.70. The molecule has 3 rings (SSSR count). The van der Waals surface area contributed by atoms with E-state index >= 15 is 0 Å². The molecule has 0 unspecified atom stereocenters. The second-order valence-corrected chi connectivity index (χ2v) is 13.5. The van der Waals surface area contributed by atoms with Crippen molar-refractivity contribution < 1.29 is 33.0 Å². The standard InChI is InChI=1S/C23H29BrClN2O9P/c1-13(2)34-20(30)15(4)12-37(32,36-16-7-5-6-14(3)10-16)33-11-17-19(29)23(24,25)21(35-17)27-9-8-18(28)26-22(27)31/h5-10,13,15,17,19,21,29H,11-12H2,1-4H3,(H,26,28,31)/t15-,17-,19-,21-,23+,37+/m1/s1. The summed E-state index contributed by atoms with van der Waals surface area (Å²) in [4.78, 5) is 38.2. The Balaban J connectivity index is 1.82. The van der Waals surface area contributed by atoms with Crippen molar-refractivity contribution in [2.75, 3.05) is 12.8 Å². The summed E-state index contributed by atoms with van der Waals surface area (Å²) in [5, 5.41) is 10.8. The van der Waals surface area contributed by atoms with Gasteiger partial charge in [0.05, 0.1) is 24.8 Å². The van der Waals surface area contributed by atoms with E-state index in [1.807, 2.05) is 13.0 Å². The predicted octanol–water partition coefficient (Wildman–Crippen LogP) is 3.31. The molecule has 14 heteroatoms. The number of aromatic nitrogens is 2. The lowest BCUT2D eigenvalue weighted by Crippen LogP contribution is -2.40. The van der Waals surface area contributed by atoms with Crippen LogP contribution in [0.25, 0.3) is 0 Å². The summed E-state index contributed by atoms with van der Waals surface area (Å²) in [6, 6.07) is 7.91. The second-order valence-electron chi connectivity index (χ2n) is 9.05. The fourth-order valence-electron chi connectivity index (χ4n) is 3.61. The summed E-state index contributed by atoms with van der Waals surface area (Å²) in [5.41, 5.74) is -0.568. The number of aliphatic hydroxyl groups is 1. The van der Waals surface area contributed by atoms with Crippen LogP contribution in [0.2, 0.25) is 0 Å². The number of H-pyrrole nitrogens is 1. The van der Waals surface area contributed by atoms with Gasteiger partial charge in [-0.1, -0.05) is 46.6 Å². The number of carbonyl (C=O) groups excluding carboxylic acids is 1. The number of nitrogens with one attached hydrogen (secondary N) is 1. The van der Waals surface area contributed by atoms with E-state index in [-0.39, 0.29) is 18.0 Å². The number of alkyl halides is 2. The van der Waals surface area contributed by atoms with Crippen molar-refractivity contribution >= 4 is 41.1 Å². The molecule has 2 N–H and O–H groups in total. The first-order valence-corrected chi connectivity index (χ1v) is 14.3. The Labute approximate surface area is 226 Å². The van der Waals surface area contributed by atoms with E-state index in [4.69, 9.17) is 30.1 Å². The van der Waals surface area contributed by atoms with Gasteiger partial charge in [0.15, 0.2) is 10.0 Å². The lowest BCUT2D eigenvalue weighted by Gasteiger charge is -2.25. The summed E-state index contributed by atoms with van der Waals surface area (Å²) in [6.45, 7) is 6.32. The average molecular weight is 624 g/mol. The molecule has 0 radical (unpaired) electrons. The summed E-state index contributed by atoms with van der Waals surface area (Å²) in [7, 11) is -4.01. The first kappa shape index (κ1) is 29.6. The number of aliphatic hydroxyl groups excluding tert-OH is 1. The number of halogens is 2. The van der Waals surface area contributed by atoms with Gasteiger partial charge in [-0.2, -0.15) is 0 Å². The highest BCUT2D eigenvalue weighted by atomic mass is 79.9. The minimum Gasteiger partial charge on any atom is -0.463 e. The highest BCUT2D eigenvalue weighted by Crippen LogP contribution is 2.52. The minimum atomic E-state index is -4.01. The topological polar surface area (TPSA) is 146 Å². The number of rotatable bonds is 10. The lowest BCUT2D eigenvalue weighted by atomic mass is 10.2. The number of nitrogens with zero attached hydrogens (tertiary/aromatic N) is 1. The minimum absolute atomic E-state index is 0.269. The van der Waals surface area contributed by atoms with Crippen molar-refractivity contribution in [2.45, 2.75) is 56.0 Å². The summed E-state index contributed by atoms with van der Waals surface area (Å²) in [6.07, 6.45) is -3.34. The van der Waals surface area contributed by atoms with Gasteiger partial charge in [0, 0.05) is 12.3 Å². The Kier molecular flexibility index (Phi) is 9.47. The Morgan fingerprint density at radius 1 is 1.32 bits per heavy atom. The number of hydrogen-bond donors (Lipinski definition) is 2. The smallest absolute Gasteiger partial charge is 0.380 e. The molecule has 2 aromatic rings. The van der Waals surface area contributed by atoms with Crippen LogP contribution < -0.4 is 15.8 Å². The Morgan fingerprint density at radius 3 is 2.65 bits per heavy atom. The van der Waals surface area contributed by atoms with Crippen molar-refractivity contribution in [2.24, 2.45) is 5.92 Å². The second kappa shape index (κ2) is 11.8. The Hall–Kier alpha value is -1.95. The van der Waals surface area contributed by atoms with E-state index in [9.17, 15) is 24.1 Å². The third kappa shape index (κ3) is 7.34. The zero-order valence-corrected chi connectivity index (χ0v) is 23.9. The van der Waals surface area contributed by atoms with Crippen molar-refractivity contribution in [3.05, 3.63) is 62.9 Å². The van der Waals surface area contributed by atoms with E-state index < -0.39 is 59.6 Å². The maximum absolute atomic E-state index is 13.8. The molecular formula is C23H29BrClN2O9P. The molecule has 0 saturated carbocycles.